The first-order valence-electron chi connectivity index (χ1n) is 11.5. The van der Waals surface area contributed by atoms with Crippen LogP contribution in [0.2, 0.25) is 0 Å². The molecule has 1 aromatic rings. The lowest BCUT2D eigenvalue weighted by Gasteiger charge is -2.48. The van der Waals surface area contributed by atoms with Gasteiger partial charge in [-0.15, -0.1) is 0 Å². The molecule has 1 amide bonds. The number of Topliss-reactive ketones (excluding diaryl/α,β-unsaturated/α-hetero) is 1. The standard InChI is InChI=1S/C25H35NO4/c1-5-15-12-19-16(13-21(15)30-23(29)26-24(2,3)14-27)6-7-18-17(19)10-11-25(4)20(18)8-9-22(25)28/h12-13,17-18,20,27H,5-11,14H2,1-4H3,(H,26,29). The van der Waals surface area contributed by atoms with Crippen molar-refractivity contribution in [2.24, 2.45) is 17.3 Å². The average Bonchev–Trinajstić information content (AvgIpc) is 3.01. The zero-order chi connectivity index (χ0) is 21.7. The maximum atomic E-state index is 12.5. The van der Waals surface area contributed by atoms with Crippen molar-refractivity contribution in [2.45, 2.75) is 84.1 Å². The molecule has 30 heavy (non-hydrogen) atoms. The number of fused-ring (bicyclic) bond motifs is 5. The first kappa shape index (κ1) is 21.4. The molecule has 0 heterocycles. The molecule has 0 saturated heterocycles. The summed E-state index contributed by atoms with van der Waals surface area (Å²) in [6.45, 7) is 7.65. The fourth-order valence-electron chi connectivity index (χ4n) is 6.23. The van der Waals surface area contributed by atoms with Crippen LogP contribution in [-0.4, -0.2) is 29.1 Å². The van der Waals surface area contributed by atoms with Gasteiger partial charge in [-0.05, 0) is 92.9 Å². The molecule has 0 aromatic heterocycles. The van der Waals surface area contributed by atoms with Crippen molar-refractivity contribution in [2.75, 3.05) is 6.61 Å². The SMILES string of the molecule is CCc1cc2c(cc1OC(=O)NC(C)(C)CO)CCC1C2CCC2(C)C(=O)CCC12. The van der Waals surface area contributed by atoms with Crippen molar-refractivity contribution < 1.29 is 19.4 Å². The Kier molecular flexibility index (Phi) is 5.46. The summed E-state index contributed by atoms with van der Waals surface area (Å²) in [5.41, 5.74) is 2.91. The Labute approximate surface area is 179 Å². The van der Waals surface area contributed by atoms with Crippen molar-refractivity contribution in [3.05, 3.63) is 28.8 Å². The van der Waals surface area contributed by atoms with Crippen LogP contribution in [0.5, 0.6) is 5.75 Å². The number of amides is 1. The molecule has 4 unspecified atom stereocenters. The number of hydrogen-bond acceptors (Lipinski definition) is 4. The molecule has 2 saturated carbocycles. The van der Waals surface area contributed by atoms with Crippen LogP contribution >= 0.6 is 0 Å². The number of aliphatic hydroxyl groups is 1. The number of aliphatic hydroxyl groups excluding tert-OH is 1. The van der Waals surface area contributed by atoms with Crippen molar-refractivity contribution in [3.63, 3.8) is 0 Å². The minimum Gasteiger partial charge on any atom is -0.410 e. The van der Waals surface area contributed by atoms with Gasteiger partial charge in [0.25, 0.3) is 0 Å². The topological polar surface area (TPSA) is 75.6 Å². The number of benzene rings is 1. The van der Waals surface area contributed by atoms with Crippen LogP contribution in [0, 0.1) is 17.3 Å². The summed E-state index contributed by atoms with van der Waals surface area (Å²) < 4.78 is 5.67. The van der Waals surface area contributed by atoms with Gasteiger partial charge < -0.3 is 15.2 Å². The Balaban J connectivity index is 1.59. The molecule has 1 aromatic carbocycles. The maximum absolute atomic E-state index is 12.5. The lowest BCUT2D eigenvalue weighted by atomic mass is 9.55. The van der Waals surface area contributed by atoms with Crippen LogP contribution in [0.3, 0.4) is 0 Å². The van der Waals surface area contributed by atoms with Crippen LogP contribution in [-0.2, 0) is 17.6 Å². The normalized spacial score (nSPS) is 30.3. The Hall–Kier alpha value is -1.88. The maximum Gasteiger partial charge on any atom is 0.413 e. The zero-order valence-corrected chi connectivity index (χ0v) is 18.7. The Morgan fingerprint density at radius 1 is 1.27 bits per heavy atom. The number of ether oxygens (including phenoxy) is 1. The summed E-state index contributed by atoms with van der Waals surface area (Å²) in [6, 6.07) is 4.31. The second-order valence-corrected chi connectivity index (χ2v) is 10.4. The van der Waals surface area contributed by atoms with E-state index in [2.05, 4.69) is 31.3 Å². The summed E-state index contributed by atoms with van der Waals surface area (Å²) in [4.78, 5) is 24.9. The number of hydrogen-bond donors (Lipinski definition) is 2. The zero-order valence-electron chi connectivity index (χ0n) is 18.7. The minimum atomic E-state index is -0.724. The van der Waals surface area contributed by atoms with Gasteiger partial charge in [-0.1, -0.05) is 19.9 Å². The Morgan fingerprint density at radius 2 is 2.03 bits per heavy atom. The van der Waals surface area contributed by atoms with Crippen LogP contribution in [0.15, 0.2) is 12.1 Å². The van der Waals surface area contributed by atoms with E-state index < -0.39 is 11.6 Å². The van der Waals surface area contributed by atoms with Crippen molar-refractivity contribution in [1.82, 2.24) is 5.32 Å². The van der Waals surface area contributed by atoms with E-state index in [9.17, 15) is 14.7 Å². The van der Waals surface area contributed by atoms with Gasteiger partial charge in [0.05, 0.1) is 12.1 Å². The Morgan fingerprint density at radius 3 is 2.73 bits per heavy atom. The summed E-state index contributed by atoms with van der Waals surface area (Å²) >= 11 is 0. The van der Waals surface area contributed by atoms with Gasteiger partial charge >= 0.3 is 6.09 Å². The second kappa shape index (κ2) is 7.67. The summed E-state index contributed by atoms with van der Waals surface area (Å²) in [6.07, 6.45) is 6.21. The highest BCUT2D eigenvalue weighted by Gasteiger charge is 2.54. The summed E-state index contributed by atoms with van der Waals surface area (Å²) in [5.74, 6) is 2.72. The molecule has 0 bridgehead atoms. The van der Waals surface area contributed by atoms with E-state index in [0.717, 1.165) is 50.5 Å². The largest absolute Gasteiger partial charge is 0.413 e. The molecule has 4 atom stereocenters. The average molecular weight is 414 g/mol. The van der Waals surface area contributed by atoms with Gasteiger partial charge in [0.15, 0.2) is 0 Å². The highest BCUT2D eigenvalue weighted by atomic mass is 16.6. The molecule has 164 valence electrons. The van der Waals surface area contributed by atoms with Crippen LogP contribution < -0.4 is 10.1 Å². The van der Waals surface area contributed by atoms with Crippen LogP contribution in [0.25, 0.3) is 0 Å². The minimum absolute atomic E-state index is 0.104. The smallest absolute Gasteiger partial charge is 0.410 e. The number of ketones is 1. The van der Waals surface area contributed by atoms with Gasteiger partial charge in [-0.3, -0.25) is 4.79 Å². The number of rotatable bonds is 4. The van der Waals surface area contributed by atoms with E-state index in [1.807, 2.05) is 0 Å². The molecule has 2 fully saturated rings. The lowest BCUT2D eigenvalue weighted by Crippen LogP contribution is -2.47. The number of nitrogens with one attached hydrogen (secondary N) is 1. The van der Waals surface area contributed by atoms with E-state index in [1.54, 1.807) is 13.8 Å². The third-order valence-corrected chi connectivity index (χ3v) is 8.03. The first-order valence-corrected chi connectivity index (χ1v) is 11.5. The summed E-state index contributed by atoms with van der Waals surface area (Å²) in [5, 5.41) is 12.1. The van der Waals surface area contributed by atoms with Gasteiger partial charge in [0.2, 0.25) is 0 Å². The fraction of sp³-hybridized carbons (Fsp3) is 0.680. The molecular formula is C25H35NO4. The third-order valence-electron chi connectivity index (χ3n) is 8.03. The summed E-state index contributed by atoms with van der Waals surface area (Å²) in [7, 11) is 0. The molecule has 4 rings (SSSR count). The van der Waals surface area contributed by atoms with Crippen molar-refractivity contribution >= 4 is 11.9 Å². The highest BCUT2D eigenvalue weighted by Crippen LogP contribution is 2.59. The monoisotopic (exact) mass is 413 g/mol. The third kappa shape index (κ3) is 3.55. The highest BCUT2D eigenvalue weighted by molar-refractivity contribution is 5.87. The van der Waals surface area contributed by atoms with E-state index in [0.29, 0.717) is 29.3 Å². The van der Waals surface area contributed by atoms with E-state index in [-0.39, 0.29) is 12.0 Å². The van der Waals surface area contributed by atoms with Gasteiger partial charge in [-0.2, -0.15) is 0 Å². The molecule has 5 nitrogen and oxygen atoms in total. The fourth-order valence-corrected chi connectivity index (χ4v) is 6.23. The number of aryl methyl sites for hydroxylation is 2. The lowest BCUT2D eigenvalue weighted by molar-refractivity contribution is -0.129. The van der Waals surface area contributed by atoms with Crippen molar-refractivity contribution in [3.8, 4) is 5.75 Å². The number of carbonyl (C=O) groups excluding carboxylic acids is 2. The predicted octanol–water partition coefficient (Wildman–Crippen LogP) is 4.53. The first-order chi connectivity index (χ1) is 14.2. The molecular weight excluding hydrogens is 378 g/mol. The van der Waals surface area contributed by atoms with Gasteiger partial charge in [0, 0.05) is 11.8 Å². The van der Waals surface area contributed by atoms with E-state index >= 15 is 0 Å². The van der Waals surface area contributed by atoms with Gasteiger partial charge in [0.1, 0.15) is 11.5 Å². The molecule has 3 aliphatic carbocycles. The molecule has 0 aliphatic heterocycles. The van der Waals surface area contributed by atoms with Crippen LogP contribution in [0.4, 0.5) is 4.79 Å². The van der Waals surface area contributed by atoms with E-state index in [4.69, 9.17) is 4.74 Å². The molecule has 5 heteroatoms. The number of carbonyl (C=O) groups is 2. The van der Waals surface area contributed by atoms with Crippen molar-refractivity contribution in [1.29, 1.82) is 0 Å². The molecule has 0 radical (unpaired) electrons. The predicted molar refractivity (Wildman–Crippen MR) is 116 cm³/mol. The quantitative estimate of drug-likeness (QED) is 0.760. The molecule has 2 N–H and O–H groups in total. The molecule has 3 aliphatic rings. The Bertz CT molecular complexity index is 861. The van der Waals surface area contributed by atoms with E-state index in [1.165, 1.54) is 11.1 Å². The molecule has 0 spiro atoms. The second-order valence-electron chi connectivity index (χ2n) is 10.4. The van der Waals surface area contributed by atoms with Crippen LogP contribution in [0.1, 0.15) is 82.4 Å². The van der Waals surface area contributed by atoms with Gasteiger partial charge in [-0.25, -0.2) is 4.79 Å².